The van der Waals surface area contributed by atoms with E-state index >= 15 is 0 Å². The molecule has 98 valence electrons. The smallest absolute Gasteiger partial charge is 0.169 e. The third-order valence-corrected chi connectivity index (χ3v) is 4.60. The lowest BCUT2D eigenvalue weighted by atomic mass is 10.0. The van der Waals surface area contributed by atoms with E-state index in [-0.39, 0.29) is 10.7 Å². The molecule has 0 bridgehead atoms. The molecule has 0 unspecified atom stereocenters. The summed E-state index contributed by atoms with van der Waals surface area (Å²) in [7, 11) is 0. The van der Waals surface area contributed by atoms with E-state index in [2.05, 4.69) is 5.32 Å². The maximum absolute atomic E-state index is 14.0. The van der Waals surface area contributed by atoms with Crippen molar-refractivity contribution in [2.75, 3.05) is 23.3 Å². The van der Waals surface area contributed by atoms with Crippen LogP contribution in [0.25, 0.3) is 0 Å². The maximum atomic E-state index is 14.0. The number of halogens is 2. The molecule has 5 N–H and O–H groups in total. The van der Waals surface area contributed by atoms with E-state index in [1.54, 1.807) is 0 Å². The first-order chi connectivity index (χ1) is 8.53. The van der Waals surface area contributed by atoms with Gasteiger partial charge in [-0.25, -0.2) is 4.39 Å². The summed E-state index contributed by atoms with van der Waals surface area (Å²) in [6.07, 6.45) is 5.08. The Balaban J connectivity index is 1.78. The van der Waals surface area contributed by atoms with Gasteiger partial charge >= 0.3 is 0 Å². The van der Waals surface area contributed by atoms with E-state index in [4.69, 9.17) is 23.1 Å². The lowest BCUT2D eigenvalue weighted by Crippen LogP contribution is -2.19. The molecule has 5 heteroatoms. The van der Waals surface area contributed by atoms with E-state index in [1.165, 1.54) is 31.7 Å². The van der Waals surface area contributed by atoms with Crippen molar-refractivity contribution in [3.8, 4) is 0 Å². The summed E-state index contributed by atoms with van der Waals surface area (Å²) < 4.78 is 14.0. The number of nitrogens with two attached hydrogens (primary N) is 2. The second-order valence-electron chi connectivity index (χ2n) is 5.55. The Labute approximate surface area is 111 Å². The highest BCUT2D eigenvalue weighted by Gasteiger charge is 2.53. The number of anilines is 3. The van der Waals surface area contributed by atoms with E-state index < -0.39 is 5.82 Å². The van der Waals surface area contributed by atoms with E-state index in [1.807, 2.05) is 0 Å². The van der Waals surface area contributed by atoms with Gasteiger partial charge in [0.05, 0.1) is 17.1 Å². The van der Waals surface area contributed by atoms with Crippen molar-refractivity contribution in [2.45, 2.75) is 25.7 Å². The molecular formula is C13H17ClFN3. The van der Waals surface area contributed by atoms with Gasteiger partial charge in [-0.05, 0) is 43.1 Å². The van der Waals surface area contributed by atoms with Gasteiger partial charge in [-0.1, -0.05) is 11.6 Å². The summed E-state index contributed by atoms with van der Waals surface area (Å²) in [5.74, 6) is 0.277. The molecule has 0 atom stereocenters. The fraction of sp³-hybridized carbons (Fsp3) is 0.538. The Hall–Kier alpha value is -1.16. The average molecular weight is 270 g/mol. The molecule has 18 heavy (non-hydrogen) atoms. The summed E-state index contributed by atoms with van der Waals surface area (Å²) in [4.78, 5) is 0. The van der Waals surface area contributed by atoms with Crippen LogP contribution in [-0.4, -0.2) is 6.54 Å². The Morgan fingerprint density at radius 2 is 2.00 bits per heavy atom. The molecule has 0 aliphatic heterocycles. The molecule has 3 rings (SSSR count). The van der Waals surface area contributed by atoms with Crippen LogP contribution >= 0.6 is 11.6 Å². The Morgan fingerprint density at radius 3 is 2.56 bits per heavy atom. The van der Waals surface area contributed by atoms with Crippen LogP contribution in [0.2, 0.25) is 5.02 Å². The van der Waals surface area contributed by atoms with Crippen LogP contribution in [0.3, 0.4) is 0 Å². The molecule has 1 aromatic carbocycles. The minimum atomic E-state index is -0.541. The van der Waals surface area contributed by atoms with Crippen LogP contribution in [0, 0.1) is 17.2 Å². The topological polar surface area (TPSA) is 64.1 Å². The number of nitrogen functional groups attached to an aromatic ring is 2. The minimum absolute atomic E-state index is 0.0528. The molecule has 3 nitrogen and oxygen atoms in total. The van der Waals surface area contributed by atoms with Gasteiger partial charge in [-0.15, -0.1) is 0 Å². The molecule has 0 amide bonds. The van der Waals surface area contributed by atoms with Crippen molar-refractivity contribution in [3.63, 3.8) is 0 Å². The second-order valence-corrected chi connectivity index (χ2v) is 5.93. The zero-order valence-electron chi connectivity index (χ0n) is 10.1. The van der Waals surface area contributed by atoms with Gasteiger partial charge in [0, 0.05) is 6.54 Å². The highest BCUT2D eigenvalue weighted by atomic mass is 35.5. The molecule has 2 aliphatic carbocycles. The van der Waals surface area contributed by atoms with Crippen molar-refractivity contribution in [2.24, 2.45) is 11.3 Å². The molecule has 2 saturated carbocycles. The largest absolute Gasteiger partial charge is 0.397 e. The number of hydrogen-bond acceptors (Lipinski definition) is 3. The van der Waals surface area contributed by atoms with Gasteiger partial charge in [0.15, 0.2) is 5.82 Å². The van der Waals surface area contributed by atoms with Crippen LogP contribution in [-0.2, 0) is 0 Å². The van der Waals surface area contributed by atoms with E-state index in [0.29, 0.717) is 16.8 Å². The van der Waals surface area contributed by atoms with E-state index in [9.17, 15) is 4.39 Å². The first-order valence-corrected chi connectivity index (χ1v) is 6.68. The SMILES string of the molecule is Nc1cc(N)c(NCC2(C3CC3)CC2)c(F)c1Cl. The number of rotatable bonds is 4. The zero-order valence-corrected chi connectivity index (χ0v) is 10.9. The maximum Gasteiger partial charge on any atom is 0.169 e. The Bertz CT molecular complexity index is 495. The first kappa shape index (κ1) is 11.9. The molecule has 2 aliphatic rings. The Morgan fingerprint density at radius 1 is 1.33 bits per heavy atom. The molecule has 0 radical (unpaired) electrons. The quantitative estimate of drug-likeness (QED) is 0.735. The van der Waals surface area contributed by atoms with Crippen molar-refractivity contribution < 1.29 is 4.39 Å². The fourth-order valence-electron chi connectivity index (χ4n) is 2.70. The van der Waals surface area contributed by atoms with Crippen molar-refractivity contribution in [1.29, 1.82) is 0 Å². The highest BCUT2D eigenvalue weighted by molar-refractivity contribution is 6.33. The van der Waals surface area contributed by atoms with Gasteiger partial charge in [0.2, 0.25) is 0 Å². The van der Waals surface area contributed by atoms with Crippen molar-refractivity contribution in [1.82, 2.24) is 0 Å². The van der Waals surface area contributed by atoms with Crippen LogP contribution in [0.5, 0.6) is 0 Å². The third-order valence-electron chi connectivity index (χ3n) is 4.22. The van der Waals surface area contributed by atoms with Crippen molar-refractivity contribution >= 4 is 28.7 Å². The molecule has 0 spiro atoms. The van der Waals surface area contributed by atoms with Gasteiger partial charge in [0.25, 0.3) is 0 Å². The first-order valence-electron chi connectivity index (χ1n) is 6.30. The average Bonchev–Trinajstić information content (AvgIpc) is 3.16. The van der Waals surface area contributed by atoms with Gasteiger partial charge in [-0.3, -0.25) is 0 Å². The molecule has 1 aromatic rings. The minimum Gasteiger partial charge on any atom is -0.397 e. The van der Waals surface area contributed by atoms with Crippen LogP contribution < -0.4 is 16.8 Å². The molecule has 0 aromatic heterocycles. The summed E-state index contributed by atoms with van der Waals surface area (Å²) >= 11 is 5.80. The Kier molecular flexibility index (Phi) is 2.59. The lowest BCUT2D eigenvalue weighted by molar-refractivity contribution is 0.465. The fourth-order valence-corrected chi connectivity index (χ4v) is 2.85. The summed E-state index contributed by atoms with van der Waals surface area (Å²) in [6.45, 7) is 0.777. The summed E-state index contributed by atoms with van der Waals surface area (Å²) in [6, 6.07) is 1.50. The van der Waals surface area contributed by atoms with Gasteiger partial charge in [-0.2, -0.15) is 0 Å². The summed E-state index contributed by atoms with van der Waals surface area (Å²) in [5, 5.41) is 3.08. The second kappa shape index (κ2) is 3.92. The standard InChI is InChI=1S/C13H17ClFN3/c14-10-8(16)5-9(17)12(11(10)15)18-6-13(3-4-13)7-1-2-7/h5,7,18H,1-4,6,16-17H2. The predicted molar refractivity (Wildman–Crippen MR) is 73.1 cm³/mol. The molecule has 2 fully saturated rings. The highest BCUT2D eigenvalue weighted by Crippen LogP contribution is 2.61. The van der Waals surface area contributed by atoms with E-state index in [0.717, 1.165) is 12.5 Å². The van der Waals surface area contributed by atoms with Crippen LogP contribution in [0.15, 0.2) is 6.07 Å². The zero-order chi connectivity index (χ0) is 12.9. The number of hydrogen-bond donors (Lipinski definition) is 3. The van der Waals surface area contributed by atoms with Gasteiger partial charge < -0.3 is 16.8 Å². The monoisotopic (exact) mass is 269 g/mol. The molecular weight excluding hydrogens is 253 g/mol. The molecule has 0 heterocycles. The van der Waals surface area contributed by atoms with Crippen LogP contribution in [0.1, 0.15) is 25.7 Å². The van der Waals surface area contributed by atoms with Crippen molar-refractivity contribution in [3.05, 3.63) is 16.9 Å². The van der Waals surface area contributed by atoms with Crippen LogP contribution in [0.4, 0.5) is 21.5 Å². The third kappa shape index (κ3) is 1.88. The number of benzene rings is 1. The normalized spacial score (nSPS) is 20.8. The molecule has 0 saturated heterocycles. The predicted octanol–water partition coefficient (Wildman–Crippen LogP) is 3.25. The number of nitrogens with one attached hydrogen (secondary N) is 1. The summed E-state index contributed by atoms with van der Waals surface area (Å²) in [5.41, 5.74) is 12.5. The lowest BCUT2D eigenvalue weighted by Gasteiger charge is -2.18. The van der Waals surface area contributed by atoms with Gasteiger partial charge in [0.1, 0.15) is 5.02 Å².